The van der Waals surface area contributed by atoms with Gasteiger partial charge in [-0.2, -0.15) is 0 Å². The molecule has 2 aromatic heterocycles. The Kier molecular flexibility index (Phi) is 4.49. The van der Waals surface area contributed by atoms with Crippen LogP contribution in [0.1, 0.15) is 18.9 Å². The van der Waals surface area contributed by atoms with E-state index in [0.29, 0.717) is 23.8 Å². The summed E-state index contributed by atoms with van der Waals surface area (Å²) in [5.74, 6) is 1.10. The second-order valence-electron chi connectivity index (χ2n) is 7.17. The van der Waals surface area contributed by atoms with Crippen LogP contribution >= 0.6 is 0 Å². The van der Waals surface area contributed by atoms with Crippen molar-refractivity contribution in [2.24, 2.45) is 11.8 Å². The lowest BCUT2D eigenvalue weighted by molar-refractivity contribution is -0.117. The zero-order valence-corrected chi connectivity index (χ0v) is 15.1. The van der Waals surface area contributed by atoms with Gasteiger partial charge < -0.3 is 16.2 Å². The number of nitrogen functional groups attached to an aromatic ring is 1. The van der Waals surface area contributed by atoms with Crippen molar-refractivity contribution in [3.63, 3.8) is 0 Å². The molecule has 6 heteroatoms. The quantitative estimate of drug-likeness (QED) is 0.606. The van der Waals surface area contributed by atoms with Crippen LogP contribution in [0.2, 0.25) is 0 Å². The van der Waals surface area contributed by atoms with Gasteiger partial charge in [0.25, 0.3) is 0 Å². The maximum atomic E-state index is 12.2. The molecular weight excluding hydrogens is 340 g/mol. The molecule has 138 valence electrons. The second-order valence-corrected chi connectivity index (χ2v) is 7.17. The van der Waals surface area contributed by atoms with Gasteiger partial charge in [-0.05, 0) is 59.5 Å². The Morgan fingerprint density at radius 2 is 2.15 bits per heavy atom. The third-order valence-corrected chi connectivity index (χ3v) is 5.17. The zero-order chi connectivity index (χ0) is 19.0. The third kappa shape index (κ3) is 3.48. The number of nitrogens with one attached hydrogen (secondary N) is 1. The number of amides is 1. The fourth-order valence-corrected chi connectivity index (χ4v) is 3.44. The van der Waals surface area contributed by atoms with Crippen molar-refractivity contribution in [3.05, 3.63) is 48.4 Å². The maximum absolute atomic E-state index is 12.2. The highest BCUT2D eigenvalue weighted by Crippen LogP contribution is 2.38. The summed E-state index contributed by atoms with van der Waals surface area (Å²) in [5.41, 5.74) is 9.74. The maximum Gasteiger partial charge on any atom is 0.228 e. The number of anilines is 2. The van der Waals surface area contributed by atoms with Gasteiger partial charge in [0.05, 0.1) is 0 Å². The van der Waals surface area contributed by atoms with Gasteiger partial charge in [0, 0.05) is 47.8 Å². The number of aliphatic hydroxyl groups excluding tert-OH is 1. The molecule has 0 unspecified atom stereocenters. The molecule has 1 fully saturated rings. The summed E-state index contributed by atoms with van der Waals surface area (Å²) >= 11 is 0. The third-order valence-electron chi connectivity index (χ3n) is 5.17. The van der Waals surface area contributed by atoms with Crippen molar-refractivity contribution < 1.29 is 9.90 Å². The van der Waals surface area contributed by atoms with Gasteiger partial charge in [-0.15, -0.1) is 0 Å². The number of hydrogen-bond acceptors (Lipinski definition) is 5. The molecule has 0 saturated heterocycles. The lowest BCUT2D eigenvalue weighted by Crippen LogP contribution is -2.15. The number of carbonyl (C=O) groups excluding carboxylic acids is 1. The Balaban J connectivity index is 1.72. The zero-order valence-electron chi connectivity index (χ0n) is 15.1. The standard InChI is InChI=1S/C21H22N4O2/c1-12-6-16(12)21(27)25-20-9-15-7-14(8-19(22)18(15)11-24-20)17-10-23-4-2-13(17)3-5-26/h2,4,7-12,16,26H,3,5-6,22H2,1H3,(H,24,25,27)/t12-,16-/m1/s1. The Labute approximate surface area is 157 Å². The molecule has 2 atom stereocenters. The number of hydrogen-bond donors (Lipinski definition) is 3. The van der Waals surface area contributed by atoms with E-state index in [1.54, 1.807) is 18.6 Å². The first-order valence-corrected chi connectivity index (χ1v) is 9.11. The average molecular weight is 362 g/mol. The Bertz CT molecular complexity index is 1020. The predicted octanol–water partition coefficient (Wildman–Crippen LogP) is 3.01. The van der Waals surface area contributed by atoms with E-state index in [1.807, 2.05) is 24.3 Å². The van der Waals surface area contributed by atoms with Crippen LogP contribution in [0.3, 0.4) is 0 Å². The first-order chi connectivity index (χ1) is 13.1. The lowest BCUT2D eigenvalue weighted by atomic mass is 9.97. The van der Waals surface area contributed by atoms with E-state index in [1.165, 1.54) is 0 Å². The highest BCUT2D eigenvalue weighted by molar-refractivity contribution is 6.00. The highest BCUT2D eigenvalue weighted by atomic mass is 16.3. The molecule has 1 aromatic carbocycles. The molecule has 1 aliphatic carbocycles. The topological polar surface area (TPSA) is 101 Å². The molecule has 1 aliphatic rings. The van der Waals surface area contributed by atoms with Crippen molar-refractivity contribution >= 4 is 28.2 Å². The molecule has 3 aromatic rings. The van der Waals surface area contributed by atoms with E-state index in [-0.39, 0.29) is 18.4 Å². The van der Waals surface area contributed by atoms with Crippen molar-refractivity contribution in [3.8, 4) is 11.1 Å². The number of rotatable bonds is 5. The minimum atomic E-state index is 0.0240. The second kappa shape index (κ2) is 6.96. The molecule has 0 spiro atoms. The molecule has 4 rings (SSSR count). The molecule has 2 heterocycles. The Hall–Kier alpha value is -2.99. The van der Waals surface area contributed by atoms with Crippen LogP contribution in [-0.4, -0.2) is 27.6 Å². The number of nitrogens with zero attached hydrogens (tertiary/aromatic N) is 2. The van der Waals surface area contributed by atoms with Gasteiger partial charge >= 0.3 is 0 Å². The van der Waals surface area contributed by atoms with Crippen LogP contribution in [0.5, 0.6) is 0 Å². The average Bonchev–Trinajstić information content (AvgIpc) is 3.39. The van der Waals surface area contributed by atoms with Crippen LogP contribution in [0.4, 0.5) is 11.5 Å². The number of benzene rings is 1. The Morgan fingerprint density at radius 3 is 2.89 bits per heavy atom. The molecule has 4 N–H and O–H groups in total. The van der Waals surface area contributed by atoms with Crippen molar-refractivity contribution in [2.45, 2.75) is 19.8 Å². The van der Waals surface area contributed by atoms with Gasteiger partial charge in [0.15, 0.2) is 0 Å². The predicted molar refractivity (Wildman–Crippen MR) is 106 cm³/mol. The van der Waals surface area contributed by atoms with Crippen LogP contribution < -0.4 is 11.1 Å². The fraction of sp³-hybridized carbons (Fsp3) is 0.286. The van der Waals surface area contributed by atoms with E-state index in [2.05, 4.69) is 22.2 Å². The van der Waals surface area contributed by atoms with E-state index in [4.69, 9.17) is 5.73 Å². The smallest absolute Gasteiger partial charge is 0.228 e. The molecule has 6 nitrogen and oxygen atoms in total. The van der Waals surface area contributed by atoms with Gasteiger partial charge in [-0.25, -0.2) is 4.98 Å². The van der Waals surface area contributed by atoms with Crippen molar-refractivity contribution in [2.75, 3.05) is 17.7 Å². The summed E-state index contributed by atoms with van der Waals surface area (Å²) in [6.45, 7) is 2.14. The molecule has 0 radical (unpaired) electrons. The minimum absolute atomic E-state index is 0.0240. The summed E-state index contributed by atoms with van der Waals surface area (Å²) in [6, 6.07) is 7.66. The van der Waals surface area contributed by atoms with Crippen molar-refractivity contribution in [1.29, 1.82) is 0 Å². The Morgan fingerprint density at radius 1 is 1.33 bits per heavy atom. The van der Waals surface area contributed by atoms with E-state index >= 15 is 0 Å². The summed E-state index contributed by atoms with van der Waals surface area (Å²) in [6.07, 6.45) is 6.68. The van der Waals surface area contributed by atoms with Gasteiger partial charge in [0.2, 0.25) is 5.91 Å². The summed E-state index contributed by atoms with van der Waals surface area (Å²) < 4.78 is 0. The molecule has 1 saturated carbocycles. The van der Waals surface area contributed by atoms with E-state index < -0.39 is 0 Å². The summed E-state index contributed by atoms with van der Waals surface area (Å²) in [7, 11) is 0. The highest BCUT2D eigenvalue weighted by Gasteiger charge is 2.39. The number of nitrogens with two attached hydrogens (primary N) is 1. The fourth-order valence-electron chi connectivity index (χ4n) is 3.44. The lowest BCUT2D eigenvalue weighted by Gasteiger charge is -2.12. The van der Waals surface area contributed by atoms with Crippen LogP contribution in [-0.2, 0) is 11.2 Å². The largest absolute Gasteiger partial charge is 0.398 e. The van der Waals surface area contributed by atoms with Crippen LogP contribution in [0.15, 0.2) is 42.9 Å². The molecule has 0 aliphatic heterocycles. The van der Waals surface area contributed by atoms with E-state index in [9.17, 15) is 9.90 Å². The number of carbonyl (C=O) groups is 1. The van der Waals surface area contributed by atoms with Crippen molar-refractivity contribution in [1.82, 2.24) is 9.97 Å². The first-order valence-electron chi connectivity index (χ1n) is 9.11. The summed E-state index contributed by atoms with van der Waals surface area (Å²) in [4.78, 5) is 20.7. The van der Waals surface area contributed by atoms with E-state index in [0.717, 1.165) is 33.9 Å². The molecular formula is C21H22N4O2. The number of aliphatic hydroxyl groups is 1. The molecule has 0 bridgehead atoms. The summed E-state index contributed by atoms with van der Waals surface area (Å²) in [5, 5.41) is 14.0. The number of pyridine rings is 2. The van der Waals surface area contributed by atoms with Crippen LogP contribution in [0.25, 0.3) is 21.9 Å². The van der Waals surface area contributed by atoms with Gasteiger partial charge in [0.1, 0.15) is 5.82 Å². The molecule has 1 amide bonds. The number of fused-ring (bicyclic) bond motifs is 1. The van der Waals surface area contributed by atoms with Crippen LogP contribution in [0, 0.1) is 11.8 Å². The minimum Gasteiger partial charge on any atom is -0.398 e. The first kappa shape index (κ1) is 17.4. The number of aromatic nitrogens is 2. The SMILES string of the molecule is C[C@@H]1C[C@H]1C(=O)Nc1cc2cc(-c3cnccc3CCO)cc(N)c2cn1. The molecule has 27 heavy (non-hydrogen) atoms. The van der Waals surface area contributed by atoms with Gasteiger partial charge in [-0.3, -0.25) is 9.78 Å². The monoisotopic (exact) mass is 362 g/mol. The van der Waals surface area contributed by atoms with Gasteiger partial charge in [-0.1, -0.05) is 6.92 Å². The normalized spacial score (nSPS) is 18.4.